The van der Waals surface area contributed by atoms with Gasteiger partial charge >= 0.3 is 18.0 Å². The number of piperazine rings is 2. The fourth-order valence-corrected chi connectivity index (χ4v) is 12.8. The Kier molecular flexibility index (Phi) is 29.6. The van der Waals surface area contributed by atoms with Crippen molar-refractivity contribution in [1.29, 1.82) is 0 Å². The molecule has 0 spiro atoms. The minimum absolute atomic E-state index is 0.00733. The second-order valence-electron chi connectivity index (χ2n) is 26.5. The second-order valence-corrected chi connectivity index (χ2v) is 26.5. The molecule has 4 aromatic carbocycles. The highest BCUT2D eigenvalue weighted by atomic mass is 16.6. The summed E-state index contributed by atoms with van der Waals surface area (Å²) in [6.45, 7) is 9.93. The van der Waals surface area contributed by atoms with Crippen molar-refractivity contribution in [3.63, 3.8) is 0 Å². The van der Waals surface area contributed by atoms with Gasteiger partial charge in [-0.15, -0.1) is 0 Å². The van der Waals surface area contributed by atoms with Crippen molar-refractivity contribution in [3.8, 4) is 0 Å². The smallest absolute Gasteiger partial charge is 0.411 e. The van der Waals surface area contributed by atoms with Crippen LogP contribution in [0.15, 0.2) is 219 Å². The average Bonchev–Trinajstić information content (AvgIpc) is 0.821. The first kappa shape index (κ1) is 73.7. The molecule has 0 radical (unpaired) electrons. The van der Waals surface area contributed by atoms with E-state index in [0.717, 1.165) is 88.4 Å². The number of carbonyl (C=O) groups excluding carboxylic acids is 5. The summed E-state index contributed by atoms with van der Waals surface area (Å²) in [5, 5.41) is 3.04. The summed E-state index contributed by atoms with van der Waals surface area (Å²) < 4.78 is 17.6. The summed E-state index contributed by atoms with van der Waals surface area (Å²) in [5.74, 6) is -1.11. The number of aryl methyl sites for hydroxylation is 4. The topological polar surface area (TPSA) is 193 Å². The number of aromatic nitrogens is 4. The number of amides is 3. The highest BCUT2D eigenvalue weighted by molar-refractivity contribution is 5.85. The quantitative estimate of drug-likeness (QED) is 0.0309. The minimum Gasteiger partial charge on any atom is -0.461 e. The Balaban J connectivity index is 0.000000234. The van der Waals surface area contributed by atoms with Crippen LogP contribution in [0.4, 0.5) is 4.79 Å². The van der Waals surface area contributed by atoms with Gasteiger partial charge in [0.05, 0.1) is 25.2 Å². The number of hydrogen-bond acceptors (Lipinski definition) is 15. The summed E-state index contributed by atoms with van der Waals surface area (Å²) >= 11 is 0. The SMILES string of the molecule is CC(C)(C)OC(=O)N(CC(=O)OC(CCCc1cccnc1)CCCc1cccnc1)CC(=O)N1CCN(C(c2ccccc2)c2ccccc2)CC1.O=C(CNCC(=O)N1CCN(C(c2ccccc2)c2ccccc2)CC1)OC(CCCc1cccnc1)CCCc1cccnc1. The number of hydrogen-bond donors (Lipinski definition) is 1. The van der Waals surface area contributed by atoms with Crippen LogP contribution in [0.1, 0.15) is 129 Å². The first-order valence-corrected chi connectivity index (χ1v) is 35.2. The lowest BCUT2D eigenvalue weighted by Crippen LogP contribution is -2.53. The van der Waals surface area contributed by atoms with E-state index in [1.807, 2.05) is 90.4 Å². The standard InChI is InChI=1S/C43H53N5O5.C38H45N5O3/c1-43(2,3)53-42(51)48(32-39(49)46-26-28-47(29-27-46)41(36-18-6-4-7-19-36)37-20-8-5-9-21-37)33-40(50)52-38(22-10-14-34-16-12-24-44-30-34)23-11-15-35-17-13-25-45-31-35;44-36(42-23-25-43(26-24-42)38(33-15-3-1-4-16-33)34-17-5-2-6-18-34)29-41-30-37(45)46-35(19-7-11-31-13-9-21-39-27-31)20-8-12-32-14-10-22-40-28-32/h4-9,12-13,16-21,24-25,30-31,38,41H,10-11,14-15,22-23,26-29,32-33H2,1-3H3;1-6,9-10,13-18,21-22,27-28,35,38,41H,7-8,11-12,19-20,23-26,29-30H2. The van der Waals surface area contributed by atoms with Crippen LogP contribution in [0.3, 0.4) is 0 Å². The predicted octanol–water partition coefficient (Wildman–Crippen LogP) is 12.2. The van der Waals surface area contributed by atoms with Gasteiger partial charge in [-0.3, -0.25) is 59.1 Å². The molecule has 520 valence electrons. The molecular formula is C81H98N10O8. The Hall–Kier alpha value is -9.49. The van der Waals surface area contributed by atoms with Crippen LogP contribution in [0.2, 0.25) is 0 Å². The summed E-state index contributed by atoms with van der Waals surface area (Å²) in [7, 11) is 0. The lowest BCUT2D eigenvalue weighted by Gasteiger charge is -2.40. The lowest BCUT2D eigenvalue weighted by atomic mass is 9.96. The zero-order valence-electron chi connectivity index (χ0n) is 57.9. The molecule has 18 nitrogen and oxygen atoms in total. The van der Waals surface area contributed by atoms with E-state index in [2.05, 4.69) is 144 Å². The van der Waals surface area contributed by atoms with E-state index >= 15 is 0 Å². The molecule has 0 aliphatic carbocycles. The fraction of sp³-hybridized carbons (Fsp3) is 0.395. The van der Waals surface area contributed by atoms with Gasteiger partial charge < -0.3 is 24.0 Å². The van der Waals surface area contributed by atoms with Gasteiger partial charge in [-0.25, -0.2) is 4.79 Å². The molecule has 99 heavy (non-hydrogen) atoms. The molecule has 8 aromatic rings. The largest absolute Gasteiger partial charge is 0.461 e. The van der Waals surface area contributed by atoms with Gasteiger partial charge in [0.15, 0.2) is 0 Å². The third-order valence-electron chi connectivity index (χ3n) is 17.8. The van der Waals surface area contributed by atoms with Gasteiger partial charge in [0.25, 0.3) is 0 Å². The van der Waals surface area contributed by atoms with Crippen molar-refractivity contribution in [3.05, 3.63) is 264 Å². The van der Waals surface area contributed by atoms with E-state index in [1.54, 1.807) is 50.5 Å². The zero-order valence-corrected chi connectivity index (χ0v) is 57.9. The summed E-state index contributed by atoms with van der Waals surface area (Å²) in [6.07, 6.45) is 23.0. The van der Waals surface area contributed by atoms with E-state index in [9.17, 15) is 24.0 Å². The van der Waals surface area contributed by atoms with E-state index in [4.69, 9.17) is 14.2 Å². The van der Waals surface area contributed by atoms with Crippen LogP contribution >= 0.6 is 0 Å². The third-order valence-corrected chi connectivity index (χ3v) is 17.8. The van der Waals surface area contributed by atoms with Crippen LogP contribution < -0.4 is 5.32 Å². The Morgan fingerprint density at radius 3 is 1.07 bits per heavy atom. The number of rotatable bonds is 32. The predicted molar refractivity (Wildman–Crippen MR) is 385 cm³/mol. The van der Waals surface area contributed by atoms with Gasteiger partial charge in [-0.05, 0) is 167 Å². The average molecular weight is 1340 g/mol. The number of carbonyl (C=O) groups is 5. The number of ether oxygens (including phenoxy) is 3. The van der Waals surface area contributed by atoms with Crippen molar-refractivity contribution in [2.24, 2.45) is 0 Å². The van der Waals surface area contributed by atoms with Crippen molar-refractivity contribution < 1.29 is 38.2 Å². The van der Waals surface area contributed by atoms with Gasteiger partial charge in [-0.2, -0.15) is 0 Å². The molecule has 4 aromatic heterocycles. The molecule has 2 fully saturated rings. The van der Waals surface area contributed by atoms with Crippen molar-refractivity contribution >= 4 is 29.8 Å². The molecule has 3 amide bonds. The third kappa shape index (κ3) is 25.4. The van der Waals surface area contributed by atoms with Crippen molar-refractivity contribution in [1.82, 2.24) is 49.8 Å². The fourth-order valence-electron chi connectivity index (χ4n) is 12.8. The number of nitrogens with one attached hydrogen (secondary N) is 1. The highest BCUT2D eigenvalue weighted by Gasteiger charge is 2.33. The lowest BCUT2D eigenvalue weighted by molar-refractivity contribution is -0.152. The molecule has 1 N–H and O–H groups in total. The van der Waals surface area contributed by atoms with E-state index in [-0.39, 0.29) is 68.3 Å². The molecule has 0 unspecified atom stereocenters. The Morgan fingerprint density at radius 2 is 0.747 bits per heavy atom. The normalized spacial score (nSPS) is 13.6. The summed E-state index contributed by atoms with van der Waals surface area (Å²) in [5.41, 5.74) is 8.69. The van der Waals surface area contributed by atoms with Crippen LogP contribution in [0, 0.1) is 0 Å². The number of esters is 2. The minimum atomic E-state index is -0.807. The summed E-state index contributed by atoms with van der Waals surface area (Å²) in [4.78, 5) is 93.1. The molecular weight excluding hydrogens is 1240 g/mol. The Morgan fingerprint density at radius 1 is 0.414 bits per heavy atom. The van der Waals surface area contributed by atoms with Crippen molar-refractivity contribution in [2.75, 3.05) is 78.5 Å². The maximum Gasteiger partial charge on any atom is 0.411 e. The second kappa shape index (κ2) is 39.8. The maximum absolute atomic E-state index is 13.7. The molecule has 2 saturated heterocycles. The van der Waals surface area contributed by atoms with Crippen molar-refractivity contribution in [2.45, 2.75) is 128 Å². The van der Waals surface area contributed by atoms with Crippen LogP contribution in [-0.2, 0) is 59.1 Å². The first-order chi connectivity index (χ1) is 48.3. The highest BCUT2D eigenvalue weighted by Crippen LogP contribution is 2.32. The molecule has 2 aliphatic rings. The number of benzene rings is 4. The molecule has 18 heteroatoms. The molecule has 0 bridgehead atoms. The van der Waals surface area contributed by atoms with Crippen LogP contribution in [-0.4, -0.2) is 171 Å². The van der Waals surface area contributed by atoms with Gasteiger partial charge in [0.1, 0.15) is 30.9 Å². The molecule has 2 aliphatic heterocycles. The van der Waals surface area contributed by atoms with Gasteiger partial charge in [0, 0.05) is 102 Å². The molecule has 0 saturated carbocycles. The Bertz CT molecular complexity index is 3460. The number of nitrogens with zero attached hydrogens (tertiary/aromatic N) is 9. The van der Waals surface area contributed by atoms with Crippen LogP contribution in [0.5, 0.6) is 0 Å². The molecule has 6 heterocycles. The van der Waals surface area contributed by atoms with Gasteiger partial charge in [-0.1, -0.05) is 146 Å². The van der Waals surface area contributed by atoms with E-state index < -0.39 is 17.7 Å². The van der Waals surface area contributed by atoms with Gasteiger partial charge in [0.2, 0.25) is 11.8 Å². The molecule has 0 atom stereocenters. The van der Waals surface area contributed by atoms with E-state index in [0.29, 0.717) is 52.1 Å². The summed E-state index contributed by atoms with van der Waals surface area (Å²) in [6, 6.07) is 58.0. The Labute approximate surface area is 585 Å². The monoisotopic (exact) mass is 1340 g/mol. The van der Waals surface area contributed by atoms with E-state index in [1.165, 1.54) is 38.3 Å². The number of pyridine rings is 4. The van der Waals surface area contributed by atoms with Crippen LogP contribution in [0.25, 0.3) is 0 Å². The first-order valence-electron chi connectivity index (χ1n) is 35.2. The molecule has 10 rings (SSSR count). The zero-order chi connectivity index (χ0) is 69.3. The maximum atomic E-state index is 13.7.